The summed E-state index contributed by atoms with van der Waals surface area (Å²) < 4.78 is 0. The van der Waals surface area contributed by atoms with Gasteiger partial charge in [-0.25, -0.2) is 4.98 Å². The number of thioether (sulfide) groups is 1. The van der Waals surface area contributed by atoms with Crippen LogP contribution in [-0.4, -0.2) is 26.1 Å². The van der Waals surface area contributed by atoms with Gasteiger partial charge in [-0.2, -0.15) is 5.10 Å². The Morgan fingerprint density at radius 1 is 1.45 bits per heavy atom. The molecule has 0 radical (unpaired) electrons. The molecular formula is C14H17N3O2S. The van der Waals surface area contributed by atoms with E-state index in [9.17, 15) is 9.90 Å². The van der Waals surface area contributed by atoms with E-state index in [2.05, 4.69) is 15.2 Å². The van der Waals surface area contributed by atoms with Crippen LogP contribution in [0.1, 0.15) is 41.8 Å². The molecular weight excluding hydrogens is 274 g/mol. The van der Waals surface area contributed by atoms with Crippen molar-refractivity contribution in [2.75, 3.05) is 0 Å². The second kappa shape index (κ2) is 6.56. The molecule has 0 spiro atoms. The van der Waals surface area contributed by atoms with Gasteiger partial charge in [-0.1, -0.05) is 31.2 Å². The van der Waals surface area contributed by atoms with Crippen LogP contribution in [0.2, 0.25) is 0 Å². The summed E-state index contributed by atoms with van der Waals surface area (Å²) in [6, 6.07) is 3.60. The van der Waals surface area contributed by atoms with Gasteiger partial charge in [0.15, 0.2) is 10.9 Å². The van der Waals surface area contributed by atoms with Gasteiger partial charge < -0.3 is 5.11 Å². The molecule has 1 aromatic heterocycles. The predicted molar refractivity (Wildman–Crippen MR) is 78.1 cm³/mol. The quantitative estimate of drug-likeness (QED) is 0.632. The fourth-order valence-corrected chi connectivity index (χ4v) is 2.84. The van der Waals surface area contributed by atoms with E-state index in [-0.39, 0.29) is 11.5 Å². The molecule has 0 saturated carbocycles. The van der Waals surface area contributed by atoms with Crippen LogP contribution in [0.25, 0.3) is 0 Å². The maximum atomic E-state index is 11.5. The smallest absolute Gasteiger partial charge is 0.183 e. The zero-order valence-corrected chi connectivity index (χ0v) is 12.3. The number of H-pyrrole nitrogens is 1. The van der Waals surface area contributed by atoms with Gasteiger partial charge in [-0.3, -0.25) is 9.89 Å². The largest absolute Gasteiger partial charge is 0.507 e. The second-order valence-corrected chi connectivity index (χ2v) is 5.45. The van der Waals surface area contributed by atoms with Crippen molar-refractivity contribution in [2.45, 2.75) is 37.6 Å². The Morgan fingerprint density at radius 3 is 2.85 bits per heavy atom. The lowest BCUT2D eigenvalue weighted by Crippen LogP contribution is -2.00. The molecule has 0 fully saturated rings. The highest BCUT2D eigenvalue weighted by atomic mass is 32.2. The van der Waals surface area contributed by atoms with Crippen LogP contribution in [0.15, 0.2) is 23.6 Å². The number of nitrogens with zero attached hydrogens (tertiary/aromatic N) is 2. The van der Waals surface area contributed by atoms with Crippen LogP contribution in [0.5, 0.6) is 5.75 Å². The Morgan fingerprint density at radius 2 is 2.25 bits per heavy atom. The molecule has 0 atom stereocenters. The minimum atomic E-state index is -0.116. The summed E-state index contributed by atoms with van der Waals surface area (Å²) in [6.07, 6.45) is 3.12. The summed E-state index contributed by atoms with van der Waals surface area (Å²) in [5.74, 6) is 0.681. The second-order valence-electron chi connectivity index (χ2n) is 4.48. The molecule has 0 saturated heterocycles. The first-order chi connectivity index (χ1) is 9.63. The fraction of sp³-hybridized carbons (Fsp3) is 0.357. The average molecular weight is 291 g/mol. The van der Waals surface area contributed by atoms with E-state index in [4.69, 9.17) is 0 Å². The molecule has 0 amide bonds. The maximum Gasteiger partial charge on any atom is 0.183 e. The first kappa shape index (κ1) is 14.6. The lowest BCUT2D eigenvalue weighted by Gasteiger charge is -2.12. The van der Waals surface area contributed by atoms with Gasteiger partial charge in [-0.05, 0) is 30.5 Å². The van der Waals surface area contributed by atoms with Gasteiger partial charge in [0.05, 0.1) is 5.56 Å². The van der Waals surface area contributed by atoms with E-state index < -0.39 is 0 Å². The van der Waals surface area contributed by atoms with Crippen molar-refractivity contribution >= 4 is 17.5 Å². The maximum absolute atomic E-state index is 11.5. The van der Waals surface area contributed by atoms with Crippen LogP contribution < -0.4 is 0 Å². The standard InChI is InChI=1S/C14H17N3O2S/c1-3-4-12-10(7-20-14-15-8-16-17-14)5-6-11(9(2)18)13(12)19/h5-6,8,19H,3-4,7H2,1-2H3,(H,15,16,17). The molecule has 2 aromatic rings. The number of ketones is 1. The zero-order valence-electron chi connectivity index (χ0n) is 11.5. The number of hydrogen-bond donors (Lipinski definition) is 2. The minimum absolute atomic E-state index is 0.116. The number of nitrogens with one attached hydrogen (secondary N) is 1. The molecule has 0 bridgehead atoms. The highest BCUT2D eigenvalue weighted by Gasteiger charge is 2.15. The van der Waals surface area contributed by atoms with Crippen molar-refractivity contribution in [1.82, 2.24) is 15.2 Å². The van der Waals surface area contributed by atoms with Gasteiger partial charge in [0, 0.05) is 5.75 Å². The van der Waals surface area contributed by atoms with Crippen LogP contribution >= 0.6 is 11.8 Å². The van der Waals surface area contributed by atoms with Crippen molar-refractivity contribution in [2.24, 2.45) is 0 Å². The van der Waals surface area contributed by atoms with Crippen molar-refractivity contribution < 1.29 is 9.90 Å². The number of Topliss-reactive ketones (excluding diaryl/α,β-unsaturated/α-hetero) is 1. The van der Waals surface area contributed by atoms with Gasteiger partial charge in [0.2, 0.25) is 0 Å². The number of aromatic nitrogens is 3. The van der Waals surface area contributed by atoms with Crippen molar-refractivity contribution in [1.29, 1.82) is 0 Å². The average Bonchev–Trinajstić information content (AvgIpc) is 2.92. The molecule has 0 unspecified atom stereocenters. The van der Waals surface area contributed by atoms with E-state index >= 15 is 0 Å². The number of phenolic OH excluding ortho intramolecular Hbond substituents is 1. The van der Waals surface area contributed by atoms with E-state index in [0.717, 1.165) is 29.1 Å². The SMILES string of the molecule is CCCc1c(CSc2ncn[nH]2)ccc(C(C)=O)c1O. The van der Waals surface area contributed by atoms with Gasteiger partial charge in [0.25, 0.3) is 0 Å². The number of hydrogen-bond acceptors (Lipinski definition) is 5. The van der Waals surface area contributed by atoms with E-state index in [1.54, 1.807) is 6.07 Å². The van der Waals surface area contributed by atoms with Gasteiger partial charge in [-0.15, -0.1) is 0 Å². The number of aromatic hydroxyl groups is 1. The highest BCUT2D eigenvalue weighted by molar-refractivity contribution is 7.98. The Bertz CT molecular complexity index is 597. The summed E-state index contributed by atoms with van der Waals surface area (Å²) >= 11 is 1.52. The summed E-state index contributed by atoms with van der Waals surface area (Å²) in [4.78, 5) is 15.5. The fourth-order valence-electron chi connectivity index (χ4n) is 2.04. The van der Waals surface area contributed by atoms with Crippen LogP contribution in [0.3, 0.4) is 0 Å². The third-order valence-electron chi connectivity index (χ3n) is 3.02. The number of benzene rings is 1. The van der Waals surface area contributed by atoms with Crippen LogP contribution in [0, 0.1) is 0 Å². The molecule has 0 aliphatic carbocycles. The predicted octanol–water partition coefficient (Wildman–Crippen LogP) is 2.96. The number of carbonyl (C=O) groups excluding carboxylic acids is 1. The topological polar surface area (TPSA) is 78.9 Å². The minimum Gasteiger partial charge on any atom is -0.507 e. The number of aromatic amines is 1. The monoisotopic (exact) mass is 291 g/mol. The third kappa shape index (κ3) is 3.19. The summed E-state index contributed by atoms with van der Waals surface area (Å²) in [6.45, 7) is 3.51. The molecule has 6 heteroatoms. The first-order valence-corrected chi connectivity index (χ1v) is 7.44. The van der Waals surface area contributed by atoms with E-state index in [0.29, 0.717) is 11.3 Å². The molecule has 1 heterocycles. The lowest BCUT2D eigenvalue weighted by atomic mass is 9.98. The van der Waals surface area contributed by atoms with E-state index in [1.807, 2.05) is 13.0 Å². The Labute approximate surface area is 121 Å². The van der Waals surface area contributed by atoms with E-state index in [1.165, 1.54) is 25.0 Å². The number of rotatable bonds is 6. The number of carbonyl (C=O) groups is 1. The molecule has 0 aliphatic heterocycles. The highest BCUT2D eigenvalue weighted by Crippen LogP contribution is 2.31. The molecule has 0 aliphatic rings. The Balaban J connectivity index is 2.27. The molecule has 1 aromatic carbocycles. The van der Waals surface area contributed by atoms with Crippen LogP contribution in [-0.2, 0) is 12.2 Å². The van der Waals surface area contributed by atoms with Crippen LogP contribution in [0.4, 0.5) is 0 Å². The summed E-state index contributed by atoms with van der Waals surface area (Å²) in [5.41, 5.74) is 2.27. The normalized spacial score (nSPS) is 10.7. The lowest BCUT2D eigenvalue weighted by molar-refractivity contribution is 0.101. The Kier molecular flexibility index (Phi) is 4.79. The molecule has 2 N–H and O–H groups in total. The molecule has 2 rings (SSSR count). The summed E-state index contributed by atoms with van der Waals surface area (Å²) in [5, 5.41) is 17.6. The molecule has 20 heavy (non-hydrogen) atoms. The van der Waals surface area contributed by atoms with Gasteiger partial charge >= 0.3 is 0 Å². The number of phenols is 1. The first-order valence-electron chi connectivity index (χ1n) is 6.46. The molecule has 106 valence electrons. The zero-order chi connectivity index (χ0) is 14.5. The summed E-state index contributed by atoms with van der Waals surface area (Å²) in [7, 11) is 0. The van der Waals surface area contributed by atoms with Crippen molar-refractivity contribution in [3.63, 3.8) is 0 Å². The Hall–Kier alpha value is -1.82. The van der Waals surface area contributed by atoms with Crippen molar-refractivity contribution in [3.8, 4) is 5.75 Å². The van der Waals surface area contributed by atoms with Crippen molar-refractivity contribution in [3.05, 3.63) is 35.2 Å². The van der Waals surface area contributed by atoms with Gasteiger partial charge in [0.1, 0.15) is 12.1 Å². The molecule has 5 nitrogen and oxygen atoms in total. The third-order valence-corrected chi connectivity index (χ3v) is 3.94.